The van der Waals surface area contributed by atoms with E-state index in [1.807, 2.05) is 0 Å². The average molecular weight is 363 g/mol. The van der Waals surface area contributed by atoms with Crippen molar-refractivity contribution in [2.75, 3.05) is 18.5 Å². The zero-order valence-electron chi connectivity index (χ0n) is 10.6. The second-order valence-electron chi connectivity index (χ2n) is 3.85. The standard InChI is InChI=1S/C12H10BrF3N4O/c13-8-6-19-11(20-7-8)18-4-5-21-10-9(12(14,15)16)2-1-3-17-10/h1-3,6-7H,4-5H2,(H,18,19,20). The molecule has 21 heavy (non-hydrogen) atoms. The molecule has 0 fully saturated rings. The number of pyridine rings is 1. The third kappa shape index (κ3) is 4.55. The molecule has 1 N–H and O–H groups in total. The molecule has 5 nitrogen and oxygen atoms in total. The predicted molar refractivity (Wildman–Crippen MR) is 73.0 cm³/mol. The Balaban J connectivity index is 1.88. The van der Waals surface area contributed by atoms with Crippen molar-refractivity contribution in [3.63, 3.8) is 0 Å². The Morgan fingerprint density at radius 2 is 1.90 bits per heavy atom. The lowest BCUT2D eigenvalue weighted by Crippen LogP contribution is -2.16. The minimum Gasteiger partial charge on any atom is -0.475 e. The van der Waals surface area contributed by atoms with Gasteiger partial charge in [0, 0.05) is 18.6 Å². The summed E-state index contributed by atoms with van der Waals surface area (Å²) >= 11 is 3.19. The van der Waals surface area contributed by atoms with Crippen LogP contribution in [0.1, 0.15) is 5.56 Å². The molecule has 0 unspecified atom stereocenters. The molecule has 9 heteroatoms. The average Bonchev–Trinajstić information content (AvgIpc) is 2.45. The number of ether oxygens (including phenoxy) is 1. The summed E-state index contributed by atoms with van der Waals surface area (Å²) in [6.45, 7) is 0.245. The smallest absolute Gasteiger partial charge is 0.421 e. The van der Waals surface area contributed by atoms with E-state index in [9.17, 15) is 13.2 Å². The lowest BCUT2D eigenvalue weighted by atomic mass is 10.2. The summed E-state index contributed by atoms with van der Waals surface area (Å²) in [6, 6.07) is 2.14. The fourth-order valence-corrected chi connectivity index (χ4v) is 1.64. The summed E-state index contributed by atoms with van der Waals surface area (Å²) < 4.78 is 43.9. The molecule has 0 aliphatic rings. The highest BCUT2D eigenvalue weighted by Crippen LogP contribution is 2.34. The Labute approximate surface area is 126 Å². The number of rotatable bonds is 5. The molecule has 2 rings (SSSR count). The first-order valence-corrected chi connectivity index (χ1v) is 6.62. The van der Waals surface area contributed by atoms with Gasteiger partial charge in [0.1, 0.15) is 12.2 Å². The van der Waals surface area contributed by atoms with Gasteiger partial charge in [-0.2, -0.15) is 13.2 Å². The number of nitrogens with one attached hydrogen (secondary N) is 1. The molecule has 112 valence electrons. The van der Waals surface area contributed by atoms with Gasteiger partial charge in [-0.1, -0.05) is 0 Å². The second-order valence-corrected chi connectivity index (χ2v) is 4.77. The molecule has 2 aromatic heterocycles. The minimum absolute atomic E-state index is 0.000479. The first-order chi connectivity index (χ1) is 9.97. The normalized spacial score (nSPS) is 11.2. The third-order valence-electron chi connectivity index (χ3n) is 2.32. The summed E-state index contributed by atoms with van der Waals surface area (Å²) in [6.07, 6.45) is -0.144. The Hall–Kier alpha value is -1.90. The molecule has 2 heterocycles. The highest BCUT2D eigenvalue weighted by Gasteiger charge is 2.34. The third-order valence-corrected chi connectivity index (χ3v) is 2.73. The number of hydrogen-bond donors (Lipinski definition) is 1. The van der Waals surface area contributed by atoms with Crippen LogP contribution in [-0.2, 0) is 6.18 Å². The van der Waals surface area contributed by atoms with Crippen LogP contribution in [0.25, 0.3) is 0 Å². The maximum atomic E-state index is 12.7. The van der Waals surface area contributed by atoms with Crippen molar-refractivity contribution >= 4 is 21.9 Å². The Bertz CT molecular complexity index is 592. The van der Waals surface area contributed by atoms with E-state index in [2.05, 4.69) is 36.2 Å². The molecule has 0 amide bonds. The summed E-state index contributed by atoms with van der Waals surface area (Å²) in [5, 5.41) is 2.82. The quantitative estimate of drug-likeness (QED) is 0.828. The topological polar surface area (TPSA) is 59.9 Å². The van der Waals surface area contributed by atoms with E-state index in [1.165, 1.54) is 12.3 Å². The summed E-state index contributed by atoms with van der Waals surface area (Å²) in [7, 11) is 0. The predicted octanol–water partition coefficient (Wildman–Crippen LogP) is 3.14. The summed E-state index contributed by atoms with van der Waals surface area (Å²) in [5.41, 5.74) is -0.898. The largest absolute Gasteiger partial charge is 0.475 e. The molecular weight excluding hydrogens is 353 g/mol. The number of aromatic nitrogens is 3. The monoisotopic (exact) mass is 362 g/mol. The van der Waals surface area contributed by atoms with Gasteiger partial charge in [0.2, 0.25) is 11.8 Å². The first kappa shape index (κ1) is 15.5. The highest BCUT2D eigenvalue weighted by atomic mass is 79.9. The van der Waals surface area contributed by atoms with Gasteiger partial charge in [-0.3, -0.25) is 0 Å². The van der Waals surface area contributed by atoms with Crippen LogP contribution < -0.4 is 10.1 Å². The Morgan fingerprint density at radius 3 is 2.57 bits per heavy atom. The van der Waals surface area contributed by atoms with Crippen molar-refractivity contribution < 1.29 is 17.9 Å². The van der Waals surface area contributed by atoms with Gasteiger partial charge >= 0.3 is 6.18 Å². The zero-order valence-corrected chi connectivity index (χ0v) is 12.1. The van der Waals surface area contributed by atoms with E-state index in [-0.39, 0.29) is 13.2 Å². The lowest BCUT2D eigenvalue weighted by molar-refractivity contribution is -0.139. The number of hydrogen-bond acceptors (Lipinski definition) is 5. The van der Waals surface area contributed by atoms with Crippen molar-refractivity contribution in [2.45, 2.75) is 6.18 Å². The number of halogens is 4. The molecular formula is C12H10BrF3N4O. The van der Waals surface area contributed by atoms with Gasteiger partial charge in [-0.15, -0.1) is 0 Å². The van der Waals surface area contributed by atoms with E-state index < -0.39 is 17.6 Å². The number of alkyl halides is 3. The van der Waals surface area contributed by atoms with E-state index in [4.69, 9.17) is 4.74 Å². The second kappa shape index (κ2) is 6.70. The first-order valence-electron chi connectivity index (χ1n) is 5.83. The maximum Gasteiger partial charge on any atom is 0.421 e. The van der Waals surface area contributed by atoms with Gasteiger partial charge in [0.05, 0.1) is 11.0 Å². The molecule has 0 aliphatic carbocycles. The van der Waals surface area contributed by atoms with Crippen molar-refractivity contribution in [3.05, 3.63) is 40.8 Å². The summed E-state index contributed by atoms with van der Waals surface area (Å²) in [4.78, 5) is 11.5. The fourth-order valence-electron chi connectivity index (χ4n) is 1.44. The number of nitrogens with zero attached hydrogens (tertiary/aromatic N) is 3. The van der Waals surface area contributed by atoms with Crippen molar-refractivity contribution in [1.82, 2.24) is 15.0 Å². The SMILES string of the molecule is FC(F)(F)c1cccnc1OCCNc1ncc(Br)cn1. The van der Waals surface area contributed by atoms with Crippen LogP contribution in [-0.4, -0.2) is 28.1 Å². The van der Waals surface area contributed by atoms with Gasteiger partial charge in [-0.25, -0.2) is 15.0 Å². The van der Waals surface area contributed by atoms with Crippen LogP contribution in [0.15, 0.2) is 35.2 Å². The van der Waals surface area contributed by atoms with Crippen LogP contribution in [0, 0.1) is 0 Å². The van der Waals surface area contributed by atoms with Crippen LogP contribution in [0.5, 0.6) is 5.88 Å². The molecule has 0 bridgehead atoms. The van der Waals surface area contributed by atoms with Gasteiger partial charge in [0.15, 0.2) is 0 Å². The lowest BCUT2D eigenvalue weighted by Gasteiger charge is -2.12. The highest BCUT2D eigenvalue weighted by molar-refractivity contribution is 9.10. The molecule has 0 atom stereocenters. The van der Waals surface area contributed by atoms with Crippen molar-refractivity contribution in [1.29, 1.82) is 0 Å². The van der Waals surface area contributed by atoms with E-state index in [0.717, 1.165) is 10.5 Å². The van der Waals surface area contributed by atoms with E-state index >= 15 is 0 Å². The molecule has 0 saturated heterocycles. The molecule has 0 aromatic carbocycles. The van der Waals surface area contributed by atoms with Crippen LogP contribution in [0.2, 0.25) is 0 Å². The molecule has 0 saturated carbocycles. The van der Waals surface area contributed by atoms with E-state index in [0.29, 0.717) is 5.95 Å². The maximum absolute atomic E-state index is 12.7. The van der Waals surface area contributed by atoms with Crippen LogP contribution >= 0.6 is 15.9 Å². The van der Waals surface area contributed by atoms with E-state index in [1.54, 1.807) is 12.4 Å². The fraction of sp³-hybridized carbons (Fsp3) is 0.250. The minimum atomic E-state index is -4.49. The van der Waals surface area contributed by atoms with Crippen LogP contribution in [0.3, 0.4) is 0 Å². The number of anilines is 1. The van der Waals surface area contributed by atoms with Gasteiger partial charge in [0.25, 0.3) is 0 Å². The zero-order chi connectivity index (χ0) is 15.3. The Morgan fingerprint density at radius 1 is 1.19 bits per heavy atom. The van der Waals surface area contributed by atoms with Crippen molar-refractivity contribution in [2.24, 2.45) is 0 Å². The van der Waals surface area contributed by atoms with Gasteiger partial charge in [-0.05, 0) is 28.1 Å². The molecule has 2 aromatic rings. The van der Waals surface area contributed by atoms with Gasteiger partial charge < -0.3 is 10.1 Å². The summed E-state index contributed by atoms with van der Waals surface area (Å²) in [5.74, 6) is -0.0811. The molecule has 0 aliphatic heterocycles. The molecule has 0 radical (unpaired) electrons. The Kier molecular flexibility index (Phi) is 4.94. The van der Waals surface area contributed by atoms with Crippen LogP contribution in [0.4, 0.5) is 19.1 Å². The van der Waals surface area contributed by atoms with Crippen molar-refractivity contribution in [3.8, 4) is 5.88 Å². The molecule has 0 spiro atoms.